The zero-order valence-electron chi connectivity index (χ0n) is 15.5. The van der Waals surface area contributed by atoms with Crippen LogP contribution in [0.5, 0.6) is 0 Å². The summed E-state index contributed by atoms with van der Waals surface area (Å²) in [7, 11) is 0. The molecule has 8 heteroatoms. The minimum atomic E-state index is -0.402. The Morgan fingerprint density at radius 3 is 2.33 bits per heavy atom. The van der Waals surface area contributed by atoms with E-state index in [0.717, 1.165) is 10.5 Å². The van der Waals surface area contributed by atoms with Crippen molar-refractivity contribution in [1.29, 1.82) is 5.26 Å². The van der Waals surface area contributed by atoms with Gasteiger partial charge in [0.15, 0.2) is 0 Å². The number of hydrogen-bond donors (Lipinski definition) is 1. The third kappa shape index (κ3) is 3.59. The van der Waals surface area contributed by atoms with Gasteiger partial charge in [0.2, 0.25) is 0 Å². The molecule has 0 saturated heterocycles. The Labute approximate surface area is 181 Å². The van der Waals surface area contributed by atoms with Crippen molar-refractivity contribution in [2.45, 2.75) is 6.42 Å². The molecule has 0 unspecified atom stereocenters. The molecule has 0 spiro atoms. The first-order valence-electron chi connectivity index (χ1n) is 8.99. The Kier molecular flexibility index (Phi) is 5.36. The van der Waals surface area contributed by atoms with Crippen molar-refractivity contribution in [2.75, 3.05) is 6.54 Å². The van der Waals surface area contributed by atoms with Gasteiger partial charge >= 0.3 is 0 Å². The summed E-state index contributed by atoms with van der Waals surface area (Å²) in [4.78, 5) is 30.4. The second-order valence-electron chi connectivity index (χ2n) is 6.54. The average molecular weight is 436 g/mol. The summed E-state index contributed by atoms with van der Waals surface area (Å²) in [6.45, 7) is -0.0290. The number of carbonyl (C=O) groups excluding carboxylic acids is 2. The molecule has 148 valence electrons. The molecule has 1 aliphatic heterocycles. The first kappa shape index (κ1) is 19.8. The highest BCUT2D eigenvalue weighted by Gasteiger charge is 2.34. The van der Waals surface area contributed by atoms with Crippen LogP contribution >= 0.6 is 22.9 Å². The van der Waals surface area contributed by atoms with Gasteiger partial charge in [-0.2, -0.15) is 5.26 Å². The molecular weight excluding hydrogens is 422 g/mol. The fourth-order valence-electron chi connectivity index (χ4n) is 3.16. The number of aliphatic hydroxyl groups is 1. The SMILES string of the molecule is N#C/C(=C(/O)CCN1C(=O)c2ccccc2C1=O)c1nc(-c2ccc(Cl)cc2)cs1. The maximum atomic E-state index is 12.4. The summed E-state index contributed by atoms with van der Waals surface area (Å²) in [6, 6.07) is 15.7. The third-order valence-electron chi connectivity index (χ3n) is 4.71. The van der Waals surface area contributed by atoms with Crippen LogP contribution < -0.4 is 0 Å². The van der Waals surface area contributed by atoms with E-state index in [1.54, 1.807) is 41.8 Å². The molecular formula is C22H14ClN3O3S. The number of hydrogen-bond acceptors (Lipinski definition) is 6. The topological polar surface area (TPSA) is 94.3 Å². The van der Waals surface area contributed by atoms with Gasteiger partial charge in [-0.1, -0.05) is 35.9 Å². The van der Waals surface area contributed by atoms with E-state index in [-0.39, 0.29) is 24.3 Å². The first-order chi connectivity index (χ1) is 14.5. The van der Waals surface area contributed by atoms with Gasteiger partial charge in [-0.25, -0.2) is 4.98 Å². The lowest BCUT2D eigenvalue weighted by atomic mass is 10.1. The van der Waals surface area contributed by atoms with Gasteiger partial charge < -0.3 is 5.11 Å². The summed E-state index contributed by atoms with van der Waals surface area (Å²) in [5.74, 6) is -1.02. The highest BCUT2D eigenvalue weighted by Crippen LogP contribution is 2.29. The number of fused-ring (bicyclic) bond motifs is 1. The number of nitrogens with zero attached hydrogens (tertiary/aromatic N) is 3. The number of amides is 2. The van der Waals surface area contributed by atoms with E-state index in [1.165, 1.54) is 11.3 Å². The van der Waals surface area contributed by atoms with E-state index in [2.05, 4.69) is 4.98 Å². The lowest BCUT2D eigenvalue weighted by Gasteiger charge is -2.13. The summed E-state index contributed by atoms with van der Waals surface area (Å²) in [6.07, 6.45) is -0.0375. The average Bonchev–Trinajstić information content (AvgIpc) is 3.32. The smallest absolute Gasteiger partial charge is 0.261 e. The maximum Gasteiger partial charge on any atom is 0.261 e. The first-order valence-corrected chi connectivity index (χ1v) is 10.2. The van der Waals surface area contributed by atoms with Crippen LogP contribution in [0, 0.1) is 11.3 Å². The van der Waals surface area contributed by atoms with Crippen molar-refractivity contribution in [2.24, 2.45) is 0 Å². The quantitative estimate of drug-likeness (QED) is 0.348. The van der Waals surface area contributed by atoms with Gasteiger partial charge in [0.25, 0.3) is 11.8 Å². The Bertz CT molecular complexity index is 1190. The molecule has 0 saturated carbocycles. The second-order valence-corrected chi connectivity index (χ2v) is 7.83. The van der Waals surface area contributed by atoms with Crippen molar-refractivity contribution in [1.82, 2.24) is 9.88 Å². The number of rotatable bonds is 5. The fourth-order valence-corrected chi connectivity index (χ4v) is 4.13. The summed E-state index contributed by atoms with van der Waals surface area (Å²) in [5, 5.41) is 22.8. The van der Waals surface area contributed by atoms with E-state index in [1.807, 2.05) is 18.2 Å². The molecule has 0 atom stereocenters. The maximum absolute atomic E-state index is 12.4. The van der Waals surface area contributed by atoms with E-state index in [4.69, 9.17) is 11.6 Å². The van der Waals surface area contributed by atoms with Gasteiger partial charge in [-0.15, -0.1) is 11.3 Å². The number of carbonyl (C=O) groups is 2. The molecule has 6 nitrogen and oxygen atoms in total. The highest BCUT2D eigenvalue weighted by molar-refractivity contribution is 7.11. The van der Waals surface area contributed by atoms with E-state index in [0.29, 0.717) is 26.9 Å². The molecule has 2 amide bonds. The van der Waals surface area contributed by atoms with E-state index in [9.17, 15) is 20.0 Å². The molecule has 1 N–H and O–H groups in total. The van der Waals surface area contributed by atoms with E-state index < -0.39 is 11.8 Å². The van der Waals surface area contributed by atoms with Gasteiger partial charge in [-0.05, 0) is 24.3 Å². The number of benzene rings is 2. The molecule has 3 aromatic rings. The van der Waals surface area contributed by atoms with Crippen molar-refractivity contribution in [3.05, 3.63) is 80.8 Å². The van der Waals surface area contributed by atoms with Crippen LogP contribution in [0.25, 0.3) is 16.8 Å². The second kappa shape index (κ2) is 8.11. The minimum absolute atomic E-state index is 0.0248. The predicted molar refractivity (Wildman–Crippen MR) is 114 cm³/mol. The standard InChI is InChI=1S/C22H14ClN3O3S/c23-14-7-5-13(6-8-14)18-12-30-20(25-18)17(11-24)19(27)9-10-26-21(28)15-3-1-2-4-16(15)22(26)29/h1-8,12,27H,9-10H2/b19-17-. The van der Waals surface area contributed by atoms with Crippen LogP contribution in [0.15, 0.2) is 59.7 Å². The van der Waals surface area contributed by atoms with Gasteiger partial charge in [-0.3, -0.25) is 14.5 Å². The monoisotopic (exact) mass is 435 g/mol. The molecule has 2 aromatic carbocycles. The van der Waals surface area contributed by atoms with Crippen LogP contribution in [0.3, 0.4) is 0 Å². The lowest BCUT2D eigenvalue weighted by Crippen LogP contribution is -2.31. The number of thiazole rings is 1. The van der Waals surface area contributed by atoms with Crippen LogP contribution in [-0.2, 0) is 0 Å². The lowest BCUT2D eigenvalue weighted by molar-refractivity contribution is 0.0652. The Hall–Kier alpha value is -3.47. The molecule has 30 heavy (non-hydrogen) atoms. The molecule has 1 aliphatic rings. The zero-order valence-corrected chi connectivity index (χ0v) is 17.1. The largest absolute Gasteiger partial charge is 0.511 e. The van der Waals surface area contributed by atoms with Crippen LogP contribution in [0.4, 0.5) is 0 Å². The van der Waals surface area contributed by atoms with Crippen LogP contribution in [-0.4, -0.2) is 33.3 Å². The van der Waals surface area contributed by atoms with E-state index >= 15 is 0 Å². The normalized spacial score (nSPS) is 13.8. The van der Waals surface area contributed by atoms with Crippen molar-refractivity contribution < 1.29 is 14.7 Å². The van der Waals surface area contributed by atoms with Crippen LogP contribution in [0.1, 0.15) is 32.1 Å². The Morgan fingerprint density at radius 2 is 1.73 bits per heavy atom. The summed E-state index contributed by atoms with van der Waals surface area (Å²) >= 11 is 7.13. The Balaban J connectivity index is 1.53. The summed E-state index contributed by atoms with van der Waals surface area (Å²) < 4.78 is 0. The number of halogens is 1. The van der Waals surface area contributed by atoms with Crippen molar-refractivity contribution in [3.63, 3.8) is 0 Å². The highest BCUT2D eigenvalue weighted by atomic mass is 35.5. The molecule has 0 bridgehead atoms. The summed E-state index contributed by atoms with van der Waals surface area (Å²) in [5.41, 5.74) is 2.21. The minimum Gasteiger partial charge on any atom is -0.511 e. The fraction of sp³-hybridized carbons (Fsp3) is 0.0909. The number of aromatic nitrogens is 1. The number of aliphatic hydroxyl groups excluding tert-OH is 1. The van der Waals surface area contributed by atoms with Crippen molar-refractivity contribution >= 4 is 40.3 Å². The van der Waals surface area contributed by atoms with Crippen LogP contribution in [0.2, 0.25) is 5.02 Å². The van der Waals surface area contributed by atoms with Crippen molar-refractivity contribution in [3.8, 4) is 17.3 Å². The number of allylic oxidation sites excluding steroid dienone is 1. The molecule has 1 aromatic heterocycles. The molecule has 4 rings (SSSR count). The number of nitriles is 1. The Morgan fingerprint density at radius 1 is 1.10 bits per heavy atom. The predicted octanol–water partition coefficient (Wildman–Crippen LogP) is 4.94. The third-order valence-corrected chi connectivity index (χ3v) is 5.82. The molecule has 2 heterocycles. The number of imide groups is 1. The molecule has 0 aliphatic carbocycles. The zero-order chi connectivity index (χ0) is 21.3. The van der Waals surface area contributed by atoms with Gasteiger partial charge in [0, 0.05) is 28.9 Å². The molecule has 0 radical (unpaired) electrons. The van der Waals surface area contributed by atoms with Gasteiger partial charge in [0.1, 0.15) is 22.4 Å². The molecule has 0 fully saturated rings. The van der Waals surface area contributed by atoms with Gasteiger partial charge in [0.05, 0.1) is 16.8 Å².